The number of aromatic amines is 1. The number of imidazole rings is 1. The molecule has 0 radical (unpaired) electrons. The molecule has 0 spiro atoms. The zero-order chi connectivity index (χ0) is 19.7. The van der Waals surface area contributed by atoms with Gasteiger partial charge in [0, 0.05) is 0 Å². The number of rotatable bonds is 4. The molecule has 8 heteroatoms. The van der Waals surface area contributed by atoms with Gasteiger partial charge >= 0.3 is 0 Å². The first-order chi connectivity index (χ1) is 13.5. The van der Waals surface area contributed by atoms with E-state index in [9.17, 15) is 14.4 Å². The molecular formula is C20H19N5O3. The van der Waals surface area contributed by atoms with Gasteiger partial charge in [0.15, 0.2) is 0 Å². The summed E-state index contributed by atoms with van der Waals surface area (Å²) in [5.74, 6) is -0.558. The number of benzene rings is 2. The fraction of sp³-hybridized carbons (Fsp3) is 0.200. The highest BCUT2D eigenvalue weighted by atomic mass is 16.2. The van der Waals surface area contributed by atoms with Crippen molar-refractivity contribution in [2.45, 2.75) is 25.4 Å². The van der Waals surface area contributed by atoms with E-state index >= 15 is 0 Å². The largest absolute Gasteiger partial charge is 0.346 e. The van der Waals surface area contributed by atoms with Crippen LogP contribution in [0.5, 0.6) is 0 Å². The molecule has 0 saturated carbocycles. The van der Waals surface area contributed by atoms with Crippen LogP contribution in [0.4, 0.5) is 5.69 Å². The molecule has 0 bridgehead atoms. The number of nitrogens with zero attached hydrogens (tertiary/aromatic N) is 1. The van der Waals surface area contributed by atoms with Crippen LogP contribution in [0.2, 0.25) is 0 Å². The van der Waals surface area contributed by atoms with Crippen LogP contribution in [0.3, 0.4) is 0 Å². The van der Waals surface area contributed by atoms with E-state index in [4.69, 9.17) is 0 Å². The highest BCUT2D eigenvalue weighted by Gasteiger charge is 2.29. The van der Waals surface area contributed by atoms with Crippen LogP contribution in [-0.2, 0) is 9.59 Å². The number of hydrogen-bond acceptors (Lipinski definition) is 4. The Kier molecular flexibility index (Phi) is 4.52. The number of carbonyl (C=O) groups excluding carboxylic acids is 3. The molecule has 3 amide bonds. The number of fused-ring (bicyclic) bond motifs is 2. The van der Waals surface area contributed by atoms with E-state index in [1.54, 1.807) is 31.2 Å². The van der Waals surface area contributed by atoms with E-state index in [1.165, 1.54) is 0 Å². The van der Waals surface area contributed by atoms with Crippen molar-refractivity contribution in [2.24, 2.45) is 0 Å². The van der Waals surface area contributed by atoms with Gasteiger partial charge in [0.2, 0.25) is 11.8 Å². The smallest absolute Gasteiger partial charge is 0.254 e. The van der Waals surface area contributed by atoms with Gasteiger partial charge in [0.05, 0.1) is 34.7 Å². The van der Waals surface area contributed by atoms with Gasteiger partial charge in [-0.1, -0.05) is 24.3 Å². The van der Waals surface area contributed by atoms with Crippen molar-refractivity contribution >= 4 is 34.4 Å². The first-order valence-corrected chi connectivity index (χ1v) is 8.96. The second-order valence-corrected chi connectivity index (χ2v) is 6.69. The van der Waals surface area contributed by atoms with E-state index in [2.05, 4.69) is 25.9 Å². The molecule has 2 aromatic carbocycles. The predicted molar refractivity (Wildman–Crippen MR) is 104 cm³/mol. The van der Waals surface area contributed by atoms with Crippen molar-refractivity contribution in [1.29, 1.82) is 0 Å². The molecule has 8 nitrogen and oxygen atoms in total. The fourth-order valence-electron chi connectivity index (χ4n) is 3.19. The Morgan fingerprint density at radius 1 is 1.14 bits per heavy atom. The predicted octanol–water partition coefficient (Wildman–Crippen LogP) is 1.88. The number of H-pyrrole nitrogens is 1. The molecule has 142 valence electrons. The summed E-state index contributed by atoms with van der Waals surface area (Å²) in [6, 6.07) is 13.0. The molecular weight excluding hydrogens is 358 g/mol. The highest BCUT2D eigenvalue weighted by molar-refractivity contribution is 6.10. The van der Waals surface area contributed by atoms with Crippen LogP contribution >= 0.6 is 0 Å². The van der Waals surface area contributed by atoms with Gasteiger partial charge in [-0.25, -0.2) is 4.98 Å². The van der Waals surface area contributed by atoms with Crippen LogP contribution in [0.1, 0.15) is 35.6 Å². The highest BCUT2D eigenvalue weighted by Crippen LogP contribution is 2.19. The van der Waals surface area contributed by atoms with Crippen LogP contribution in [0.25, 0.3) is 11.0 Å². The second-order valence-electron chi connectivity index (χ2n) is 6.69. The molecule has 4 rings (SSSR count). The average Bonchev–Trinajstić information content (AvgIpc) is 3.07. The standard InChI is InChI=1S/C20H19N5O3/c1-11(18-22-14-8-4-5-9-15(14)23-18)21-17(26)10-16-20(28)24-13-7-3-2-6-12(13)19(27)25-16/h2-9,11,16H,10H2,1H3,(H,21,26)(H,22,23)(H,24,28)(H,25,27)/t11-,16+/m0/s1. The van der Waals surface area contributed by atoms with Crippen molar-refractivity contribution in [3.8, 4) is 0 Å². The van der Waals surface area contributed by atoms with E-state index in [0.29, 0.717) is 17.1 Å². The summed E-state index contributed by atoms with van der Waals surface area (Å²) in [5, 5.41) is 8.12. The van der Waals surface area contributed by atoms with Gasteiger partial charge in [-0.2, -0.15) is 0 Å². The summed E-state index contributed by atoms with van der Waals surface area (Å²) < 4.78 is 0. The van der Waals surface area contributed by atoms with Crippen molar-refractivity contribution in [3.05, 3.63) is 59.9 Å². The topological polar surface area (TPSA) is 116 Å². The minimum Gasteiger partial charge on any atom is -0.346 e. The summed E-state index contributed by atoms with van der Waals surface area (Å²) in [6.45, 7) is 1.80. The van der Waals surface area contributed by atoms with Crippen molar-refractivity contribution in [1.82, 2.24) is 20.6 Å². The number of para-hydroxylation sites is 3. The lowest BCUT2D eigenvalue weighted by molar-refractivity contribution is -0.126. The van der Waals surface area contributed by atoms with Gasteiger partial charge in [-0.3, -0.25) is 14.4 Å². The Morgan fingerprint density at radius 3 is 2.71 bits per heavy atom. The quantitative estimate of drug-likeness (QED) is 0.555. The van der Waals surface area contributed by atoms with Crippen molar-refractivity contribution < 1.29 is 14.4 Å². The maximum Gasteiger partial charge on any atom is 0.254 e. The van der Waals surface area contributed by atoms with Gasteiger partial charge in [0.25, 0.3) is 5.91 Å². The van der Waals surface area contributed by atoms with Gasteiger partial charge in [-0.05, 0) is 31.2 Å². The molecule has 1 aromatic heterocycles. The van der Waals surface area contributed by atoms with Crippen molar-refractivity contribution in [2.75, 3.05) is 5.32 Å². The van der Waals surface area contributed by atoms with E-state index in [1.807, 2.05) is 24.3 Å². The fourth-order valence-corrected chi connectivity index (χ4v) is 3.19. The zero-order valence-electron chi connectivity index (χ0n) is 15.2. The summed E-state index contributed by atoms with van der Waals surface area (Å²) in [5.41, 5.74) is 2.50. The maximum absolute atomic E-state index is 12.5. The average molecular weight is 377 g/mol. The van der Waals surface area contributed by atoms with Crippen LogP contribution in [0, 0.1) is 0 Å². The maximum atomic E-state index is 12.5. The molecule has 0 fully saturated rings. The molecule has 4 N–H and O–H groups in total. The van der Waals surface area contributed by atoms with Crippen LogP contribution in [-0.4, -0.2) is 33.7 Å². The molecule has 1 aliphatic heterocycles. The third-order valence-corrected chi connectivity index (χ3v) is 4.64. The number of aromatic nitrogens is 2. The number of hydrogen-bond donors (Lipinski definition) is 4. The SMILES string of the molecule is C[C@H](NC(=O)C[C@H]1NC(=O)c2ccccc2NC1=O)c1nc2ccccc2[nH]1. The number of anilines is 1. The molecule has 0 unspecified atom stereocenters. The number of carbonyl (C=O) groups is 3. The summed E-state index contributed by atoms with van der Waals surface area (Å²) in [4.78, 5) is 44.8. The third kappa shape index (κ3) is 3.44. The normalized spacial score (nSPS) is 17.2. The minimum absolute atomic E-state index is 0.171. The lowest BCUT2D eigenvalue weighted by Gasteiger charge is -2.16. The number of nitrogens with one attached hydrogen (secondary N) is 4. The Bertz CT molecular complexity index is 1040. The van der Waals surface area contributed by atoms with Gasteiger partial charge in [0.1, 0.15) is 11.9 Å². The number of amides is 3. The Morgan fingerprint density at radius 2 is 1.89 bits per heavy atom. The third-order valence-electron chi connectivity index (χ3n) is 4.64. The molecule has 0 aliphatic carbocycles. The molecule has 2 heterocycles. The van der Waals surface area contributed by atoms with Crippen LogP contribution in [0.15, 0.2) is 48.5 Å². The first-order valence-electron chi connectivity index (χ1n) is 8.96. The molecule has 3 aromatic rings. The summed E-state index contributed by atoms with van der Waals surface area (Å²) in [7, 11) is 0. The molecule has 1 aliphatic rings. The van der Waals surface area contributed by atoms with E-state index < -0.39 is 17.9 Å². The second kappa shape index (κ2) is 7.15. The van der Waals surface area contributed by atoms with Crippen molar-refractivity contribution in [3.63, 3.8) is 0 Å². The zero-order valence-corrected chi connectivity index (χ0v) is 15.2. The minimum atomic E-state index is -0.956. The molecule has 0 saturated heterocycles. The molecule has 28 heavy (non-hydrogen) atoms. The Balaban J connectivity index is 1.43. The molecule has 2 atom stereocenters. The lowest BCUT2D eigenvalue weighted by atomic mass is 10.1. The lowest BCUT2D eigenvalue weighted by Crippen LogP contribution is -2.44. The van der Waals surface area contributed by atoms with E-state index in [-0.39, 0.29) is 18.4 Å². The Labute approximate surface area is 160 Å². The Hall–Kier alpha value is -3.68. The van der Waals surface area contributed by atoms with Gasteiger partial charge in [-0.15, -0.1) is 0 Å². The first kappa shape index (κ1) is 17.7. The van der Waals surface area contributed by atoms with Gasteiger partial charge < -0.3 is 20.9 Å². The van der Waals surface area contributed by atoms with Crippen LogP contribution < -0.4 is 16.0 Å². The summed E-state index contributed by atoms with van der Waals surface area (Å²) in [6.07, 6.45) is -0.171. The monoisotopic (exact) mass is 377 g/mol. The van der Waals surface area contributed by atoms with E-state index in [0.717, 1.165) is 11.0 Å². The summed E-state index contributed by atoms with van der Waals surface area (Å²) >= 11 is 0.